The van der Waals surface area contributed by atoms with Crippen LogP contribution in [0, 0.1) is 6.92 Å². The van der Waals surface area contributed by atoms with Gasteiger partial charge in [0, 0.05) is 7.05 Å². The predicted molar refractivity (Wildman–Crippen MR) is 74.2 cm³/mol. The molecule has 5 nitrogen and oxygen atoms in total. The summed E-state index contributed by atoms with van der Waals surface area (Å²) in [5, 5.41) is 3.02. The van der Waals surface area contributed by atoms with Gasteiger partial charge in [-0.2, -0.15) is 0 Å². The van der Waals surface area contributed by atoms with E-state index in [1.165, 1.54) is 0 Å². The van der Waals surface area contributed by atoms with Gasteiger partial charge in [0.15, 0.2) is 11.2 Å². The van der Waals surface area contributed by atoms with Crippen LogP contribution >= 0.6 is 12.2 Å². The predicted octanol–water partition coefficient (Wildman–Crippen LogP) is 0.887. The lowest BCUT2D eigenvalue weighted by Gasteiger charge is -2.16. The Labute approximate surface area is 112 Å². The molecule has 1 unspecified atom stereocenters. The second-order valence-corrected chi connectivity index (χ2v) is 4.13. The third-order valence-corrected chi connectivity index (χ3v) is 2.60. The SMILES string of the molecule is CNC(=S)NNC(=O)C(C)Oc1ccccc1C. The Bertz CT molecular complexity index is 437. The van der Waals surface area contributed by atoms with Crippen molar-refractivity contribution >= 4 is 23.2 Å². The number of aryl methyl sites for hydroxylation is 1. The van der Waals surface area contributed by atoms with E-state index in [9.17, 15) is 4.79 Å². The summed E-state index contributed by atoms with van der Waals surface area (Å²) in [6, 6.07) is 7.53. The maximum absolute atomic E-state index is 11.7. The van der Waals surface area contributed by atoms with Crippen molar-refractivity contribution in [1.82, 2.24) is 16.2 Å². The number of para-hydroxylation sites is 1. The van der Waals surface area contributed by atoms with E-state index in [2.05, 4.69) is 16.2 Å². The molecule has 1 amide bonds. The van der Waals surface area contributed by atoms with Gasteiger partial charge in [-0.15, -0.1) is 0 Å². The fourth-order valence-electron chi connectivity index (χ4n) is 1.22. The molecule has 0 aliphatic rings. The minimum atomic E-state index is -0.613. The molecule has 0 aliphatic heterocycles. The van der Waals surface area contributed by atoms with E-state index >= 15 is 0 Å². The minimum Gasteiger partial charge on any atom is -0.481 e. The van der Waals surface area contributed by atoms with Crippen LogP contribution in [0.2, 0.25) is 0 Å². The van der Waals surface area contributed by atoms with Gasteiger partial charge in [0.25, 0.3) is 5.91 Å². The molecule has 6 heteroatoms. The number of ether oxygens (including phenoxy) is 1. The highest BCUT2D eigenvalue weighted by atomic mass is 32.1. The maximum atomic E-state index is 11.7. The lowest BCUT2D eigenvalue weighted by Crippen LogP contribution is -2.49. The lowest BCUT2D eigenvalue weighted by molar-refractivity contribution is -0.127. The first kappa shape index (κ1) is 14.2. The quantitative estimate of drug-likeness (QED) is 0.561. The average molecular weight is 267 g/mol. The van der Waals surface area contributed by atoms with Crippen molar-refractivity contribution in [3.8, 4) is 5.75 Å². The van der Waals surface area contributed by atoms with Crippen LogP contribution in [0.25, 0.3) is 0 Å². The maximum Gasteiger partial charge on any atom is 0.279 e. The molecule has 1 rings (SSSR count). The molecule has 0 aromatic heterocycles. The number of carbonyl (C=O) groups excluding carboxylic acids is 1. The third-order valence-electron chi connectivity index (χ3n) is 2.29. The molecule has 0 radical (unpaired) electrons. The van der Waals surface area contributed by atoms with Crippen molar-refractivity contribution in [3.63, 3.8) is 0 Å². The summed E-state index contributed by atoms with van der Waals surface area (Å²) in [7, 11) is 1.66. The van der Waals surface area contributed by atoms with Crippen LogP contribution in [0.15, 0.2) is 24.3 Å². The highest BCUT2D eigenvalue weighted by Crippen LogP contribution is 2.17. The molecule has 1 aromatic carbocycles. The lowest BCUT2D eigenvalue weighted by atomic mass is 10.2. The highest BCUT2D eigenvalue weighted by Gasteiger charge is 2.15. The molecule has 0 bridgehead atoms. The Kier molecular flexibility index (Phi) is 5.38. The fraction of sp³-hybridized carbons (Fsp3) is 0.333. The van der Waals surface area contributed by atoms with Crippen molar-refractivity contribution in [2.45, 2.75) is 20.0 Å². The molecular weight excluding hydrogens is 250 g/mol. The Morgan fingerprint density at radius 2 is 2.00 bits per heavy atom. The van der Waals surface area contributed by atoms with E-state index in [0.29, 0.717) is 10.9 Å². The van der Waals surface area contributed by atoms with Gasteiger partial charge in [0.2, 0.25) is 0 Å². The van der Waals surface area contributed by atoms with Crippen LogP contribution < -0.4 is 20.9 Å². The summed E-state index contributed by atoms with van der Waals surface area (Å²) in [4.78, 5) is 11.7. The molecule has 3 N–H and O–H groups in total. The van der Waals surface area contributed by atoms with Crippen molar-refractivity contribution in [1.29, 1.82) is 0 Å². The van der Waals surface area contributed by atoms with E-state index < -0.39 is 6.10 Å². The molecule has 98 valence electrons. The largest absolute Gasteiger partial charge is 0.481 e. The smallest absolute Gasteiger partial charge is 0.279 e. The normalized spacial score (nSPS) is 11.3. The summed E-state index contributed by atoms with van der Waals surface area (Å²) >= 11 is 4.83. The van der Waals surface area contributed by atoms with Gasteiger partial charge < -0.3 is 10.1 Å². The van der Waals surface area contributed by atoms with Gasteiger partial charge in [-0.25, -0.2) is 0 Å². The fourth-order valence-corrected chi connectivity index (χ4v) is 1.27. The first-order chi connectivity index (χ1) is 8.54. The van der Waals surface area contributed by atoms with Gasteiger partial charge in [-0.3, -0.25) is 15.6 Å². The van der Waals surface area contributed by atoms with Gasteiger partial charge >= 0.3 is 0 Å². The molecule has 0 saturated heterocycles. The van der Waals surface area contributed by atoms with E-state index in [0.717, 1.165) is 5.56 Å². The van der Waals surface area contributed by atoms with E-state index in [-0.39, 0.29) is 5.91 Å². The van der Waals surface area contributed by atoms with E-state index in [1.807, 2.05) is 31.2 Å². The second-order valence-electron chi connectivity index (χ2n) is 3.72. The number of hydrazine groups is 1. The number of rotatable bonds is 3. The molecule has 0 fully saturated rings. The Hall–Kier alpha value is -1.82. The molecule has 1 aromatic rings. The zero-order valence-corrected chi connectivity index (χ0v) is 11.4. The van der Waals surface area contributed by atoms with E-state index in [4.69, 9.17) is 17.0 Å². The van der Waals surface area contributed by atoms with Crippen LogP contribution in [-0.2, 0) is 4.79 Å². The molecule has 0 spiro atoms. The molecule has 1 atom stereocenters. The van der Waals surface area contributed by atoms with Crippen molar-refractivity contribution in [2.75, 3.05) is 7.05 Å². The number of hydrogen-bond donors (Lipinski definition) is 3. The molecule has 0 heterocycles. The summed E-state index contributed by atoms with van der Waals surface area (Å²) in [6.07, 6.45) is -0.613. The van der Waals surface area contributed by atoms with Crippen molar-refractivity contribution in [3.05, 3.63) is 29.8 Å². The minimum absolute atomic E-state index is 0.296. The number of thiocarbonyl (C=S) groups is 1. The number of nitrogens with one attached hydrogen (secondary N) is 3. The third kappa shape index (κ3) is 4.21. The van der Waals surface area contributed by atoms with Crippen LogP contribution in [0.1, 0.15) is 12.5 Å². The first-order valence-corrected chi connectivity index (χ1v) is 5.95. The molecular formula is C12H17N3O2S. The van der Waals surface area contributed by atoms with Gasteiger partial charge in [0.1, 0.15) is 5.75 Å². The van der Waals surface area contributed by atoms with Gasteiger partial charge in [0.05, 0.1) is 0 Å². The monoisotopic (exact) mass is 267 g/mol. The highest BCUT2D eigenvalue weighted by molar-refractivity contribution is 7.80. The number of carbonyl (C=O) groups is 1. The van der Waals surface area contributed by atoms with Crippen LogP contribution in [0.3, 0.4) is 0 Å². The molecule has 0 aliphatic carbocycles. The Balaban J connectivity index is 2.50. The summed E-state index contributed by atoms with van der Waals surface area (Å²) < 4.78 is 5.56. The zero-order chi connectivity index (χ0) is 13.5. The average Bonchev–Trinajstić information content (AvgIpc) is 2.38. The number of benzene rings is 1. The first-order valence-electron chi connectivity index (χ1n) is 5.54. The van der Waals surface area contributed by atoms with Crippen LogP contribution in [-0.4, -0.2) is 24.2 Å². The van der Waals surface area contributed by atoms with E-state index in [1.54, 1.807) is 14.0 Å². The number of amides is 1. The summed E-state index contributed by atoms with van der Waals surface area (Å²) in [6.45, 7) is 3.60. The summed E-state index contributed by atoms with van der Waals surface area (Å²) in [5.74, 6) is 0.396. The Morgan fingerprint density at radius 1 is 1.33 bits per heavy atom. The molecule has 18 heavy (non-hydrogen) atoms. The van der Waals surface area contributed by atoms with Crippen molar-refractivity contribution < 1.29 is 9.53 Å². The summed E-state index contributed by atoms with van der Waals surface area (Å²) in [5.41, 5.74) is 5.99. The van der Waals surface area contributed by atoms with Crippen molar-refractivity contribution in [2.24, 2.45) is 0 Å². The van der Waals surface area contributed by atoms with Gasteiger partial charge in [-0.05, 0) is 37.7 Å². The molecule has 0 saturated carbocycles. The van der Waals surface area contributed by atoms with Crippen LogP contribution in [0.4, 0.5) is 0 Å². The second kappa shape index (κ2) is 6.80. The standard InChI is InChI=1S/C12H17N3O2S/c1-8-6-4-5-7-10(8)17-9(2)11(16)14-15-12(18)13-3/h4-7,9H,1-3H3,(H,14,16)(H2,13,15,18). The topological polar surface area (TPSA) is 62.4 Å². The zero-order valence-electron chi connectivity index (χ0n) is 10.6. The van der Waals surface area contributed by atoms with Gasteiger partial charge in [-0.1, -0.05) is 18.2 Å². The van der Waals surface area contributed by atoms with Crippen LogP contribution in [0.5, 0.6) is 5.75 Å². The Morgan fingerprint density at radius 3 is 2.61 bits per heavy atom. The number of hydrogen-bond acceptors (Lipinski definition) is 3.